The lowest BCUT2D eigenvalue weighted by atomic mass is 10.2. The Morgan fingerprint density at radius 1 is 1.26 bits per heavy atom. The summed E-state index contributed by atoms with van der Waals surface area (Å²) in [4.78, 5) is 4.02. The van der Waals surface area contributed by atoms with Gasteiger partial charge in [-0.2, -0.15) is 13.5 Å². The minimum atomic E-state index is -3.96. The van der Waals surface area contributed by atoms with Gasteiger partial charge in [0.05, 0.1) is 6.54 Å². The number of aryl methyl sites for hydroxylation is 1. The van der Waals surface area contributed by atoms with Crippen LogP contribution in [0.3, 0.4) is 0 Å². The molecule has 0 unspecified atom stereocenters. The highest BCUT2D eigenvalue weighted by Crippen LogP contribution is 2.26. The summed E-state index contributed by atoms with van der Waals surface area (Å²) in [6.45, 7) is 5.56. The number of benzene rings is 2. The molecule has 0 bridgehead atoms. The smallest absolute Gasteiger partial charge is 0.339 e. The average molecular weight is 455 g/mol. The zero-order chi connectivity index (χ0) is 19.9. The molecule has 0 fully saturated rings. The van der Waals surface area contributed by atoms with Crippen molar-refractivity contribution in [2.45, 2.75) is 11.8 Å². The van der Waals surface area contributed by atoms with Crippen LogP contribution in [0, 0.1) is 6.92 Å². The third kappa shape index (κ3) is 6.57. The molecule has 0 aliphatic heterocycles. The average Bonchev–Trinajstić information content (AvgIpc) is 2.58. The Kier molecular flexibility index (Phi) is 7.19. The van der Waals surface area contributed by atoms with Gasteiger partial charge in [-0.05, 0) is 42.8 Å². The Hall–Kier alpha value is -2.59. The van der Waals surface area contributed by atoms with Gasteiger partial charge in [-0.15, -0.1) is 0 Å². The zero-order valence-corrected chi connectivity index (χ0v) is 17.0. The fourth-order valence-corrected chi connectivity index (χ4v) is 3.60. The molecule has 0 spiro atoms. The maximum Gasteiger partial charge on any atom is 0.339 e. The molecule has 0 amide bonds. The van der Waals surface area contributed by atoms with E-state index in [-0.39, 0.29) is 29.8 Å². The standard InChI is InChI=1S/C17H19BrN4O4S/c1-12-8-14(25-7-6-21-17(19)22-20-2)11-15(9-12)26-27(23,24)16-5-3-4-13(18)10-16/h3-5,8-11H,2,6-7H2,1H3,(H3,19,21,22). The summed E-state index contributed by atoms with van der Waals surface area (Å²) in [5.74, 6) is 0.741. The van der Waals surface area contributed by atoms with Crippen LogP contribution in [0.1, 0.15) is 5.56 Å². The molecular formula is C17H19BrN4O4S. The van der Waals surface area contributed by atoms with Crippen molar-refractivity contribution in [1.29, 1.82) is 0 Å². The Morgan fingerprint density at radius 2 is 2.00 bits per heavy atom. The molecule has 0 saturated heterocycles. The summed E-state index contributed by atoms with van der Waals surface area (Å²) < 4.78 is 36.3. The molecule has 0 atom stereocenters. The SMILES string of the molecule is C=NNC(N)=NCCOc1cc(C)cc(OS(=O)(=O)c2cccc(Br)c2)c1. The van der Waals surface area contributed by atoms with Gasteiger partial charge in [0, 0.05) is 17.3 Å². The van der Waals surface area contributed by atoms with E-state index < -0.39 is 10.1 Å². The number of aliphatic imine (C=N–C) groups is 1. The van der Waals surface area contributed by atoms with Gasteiger partial charge in [-0.25, -0.2) is 10.4 Å². The van der Waals surface area contributed by atoms with Gasteiger partial charge in [0.2, 0.25) is 5.96 Å². The first-order valence-electron chi connectivity index (χ1n) is 7.76. The number of hydrogen-bond donors (Lipinski definition) is 2. The number of hydrazone groups is 1. The fourth-order valence-electron chi connectivity index (χ4n) is 2.09. The van der Waals surface area contributed by atoms with Gasteiger partial charge in [0.1, 0.15) is 23.0 Å². The van der Waals surface area contributed by atoms with E-state index in [0.717, 1.165) is 5.56 Å². The summed E-state index contributed by atoms with van der Waals surface area (Å²) in [5, 5.41) is 3.39. The summed E-state index contributed by atoms with van der Waals surface area (Å²) in [7, 11) is -3.96. The molecule has 0 aliphatic rings. The van der Waals surface area contributed by atoms with E-state index in [4.69, 9.17) is 14.7 Å². The Labute approximate surface area is 166 Å². The monoisotopic (exact) mass is 454 g/mol. The maximum atomic E-state index is 12.4. The Balaban J connectivity index is 2.08. The van der Waals surface area contributed by atoms with Crippen LogP contribution in [0.2, 0.25) is 0 Å². The lowest BCUT2D eigenvalue weighted by Crippen LogP contribution is -2.27. The van der Waals surface area contributed by atoms with Gasteiger partial charge in [0.15, 0.2) is 0 Å². The van der Waals surface area contributed by atoms with Gasteiger partial charge >= 0.3 is 10.1 Å². The predicted octanol–water partition coefficient (Wildman–Crippen LogP) is 2.42. The molecule has 0 aliphatic carbocycles. The second kappa shape index (κ2) is 9.38. The Morgan fingerprint density at radius 3 is 2.70 bits per heavy atom. The molecule has 0 saturated carbocycles. The van der Waals surface area contributed by atoms with E-state index in [0.29, 0.717) is 10.2 Å². The van der Waals surface area contributed by atoms with Crippen LogP contribution in [0.15, 0.2) is 61.9 Å². The van der Waals surface area contributed by atoms with Crippen LogP contribution in [0.4, 0.5) is 0 Å². The number of nitrogens with one attached hydrogen (secondary N) is 1. The van der Waals surface area contributed by atoms with E-state index in [1.807, 2.05) is 0 Å². The van der Waals surface area contributed by atoms with Crippen molar-refractivity contribution in [3.8, 4) is 11.5 Å². The Bertz CT molecular complexity index is 948. The van der Waals surface area contributed by atoms with Gasteiger partial charge in [-0.3, -0.25) is 0 Å². The largest absolute Gasteiger partial charge is 0.492 e. The molecule has 2 aromatic rings. The van der Waals surface area contributed by atoms with Crippen LogP contribution < -0.4 is 20.1 Å². The van der Waals surface area contributed by atoms with Crippen LogP contribution in [0.25, 0.3) is 0 Å². The number of halogens is 1. The fraction of sp³-hybridized carbons (Fsp3) is 0.176. The second-order valence-corrected chi connectivity index (χ2v) is 7.82. The van der Waals surface area contributed by atoms with Crippen molar-refractivity contribution in [2.75, 3.05) is 13.2 Å². The first-order chi connectivity index (χ1) is 12.8. The molecule has 3 N–H and O–H groups in total. The van der Waals surface area contributed by atoms with Gasteiger partial charge in [0.25, 0.3) is 0 Å². The number of nitrogens with two attached hydrogens (primary N) is 1. The maximum absolute atomic E-state index is 12.4. The molecule has 27 heavy (non-hydrogen) atoms. The van der Waals surface area contributed by atoms with Crippen LogP contribution in [0.5, 0.6) is 11.5 Å². The highest BCUT2D eigenvalue weighted by Gasteiger charge is 2.17. The topological polar surface area (TPSA) is 115 Å². The first kappa shape index (κ1) is 20.7. The number of ether oxygens (including phenoxy) is 1. The lowest BCUT2D eigenvalue weighted by molar-refractivity contribution is 0.327. The highest BCUT2D eigenvalue weighted by molar-refractivity contribution is 9.10. The normalized spacial score (nSPS) is 11.7. The molecule has 2 aromatic carbocycles. The van der Waals surface area contributed by atoms with E-state index in [1.165, 1.54) is 18.2 Å². The molecule has 0 radical (unpaired) electrons. The van der Waals surface area contributed by atoms with E-state index in [1.54, 1.807) is 31.2 Å². The first-order valence-corrected chi connectivity index (χ1v) is 9.96. The number of hydrogen-bond acceptors (Lipinski definition) is 6. The van der Waals surface area contributed by atoms with Crippen LogP contribution in [-0.2, 0) is 10.1 Å². The molecular weight excluding hydrogens is 436 g/mol. The van der Waals surface area contributed by atoms with Crippen molar-refractivity contribution in [1.82, 2.24) is 5.43 Å². The van der Waals surface area contributed by atoms with E-state index >= 15 is 0 Å². The molecule has 10 heteroatoms. The molecule has 0 aromatic heterocycles. The van der Waals surface area contributed by atoms with Crippen molar-refractivity contribution in [2.24, 2.45) is 15.8 Å². The summed E-state index contributed by atoms with van der Waals surface area (Å²) in [6.07, 6.45) is 0. The lowest BCUT2D eigenvalue weighted by Gasteiger charge is -2.11. The van der Waals surface area contributed by atoms with Crippen molar-refractivity contribution >= 4 is 38.7 Å². The number of rotatable bonds is 8. The van der Waals surface area contributed by atoms with E-state index in [9.17, 15) is 8.42 Å². The summed E-state index contributed by atoms with van der Waals surface area (Å²) in [6, 6.07) is 11.1. The molecule has 0 heterocycles. The number of guanidine groups is 1. The summed E-state index contributed by atoms with van der Waals surface area (Å²) >= 11 is 3.25. The zero-order valence-electron chi connectivity index (χ0n) is 14.6. The molecule has 8 nitrogen and oxygen atoms in total. The van der Waals surface area contributed by atoms with Crippen LogP contribution >= 0.6 is 15.9 Å². The van der Waals surface area contributed by atoms with Crippen molar-refractivity contribution in [3.05, 3.63) is 52.5 Å². The number of nitrogens with zero attached hydrogens (tertiary/aromatic N) is 2. The molecule has 2 rings (SSSR count). The minimum Gasteiger partial charge on any atom is -0.492 e. The minimum absolute atomic E-state index is 0.0500. The summed E-state index contributed by atoms with van der Waals surface area (Å²) in [5.41, 5.74) is 8.70. The predicted molar refractivity (Wildman–Crippen MR) is 108 cm³/mol. The molecule has 144 valence electrons. The van der Waals surface area contributed by atoms with Crippen molar-refractivity contribution in [3.63, 3.8) is 0 Å². The van der Waals surface area contributed by atoms with E-state index in [2.05, 4.69) is 38.2 Å². The second-order valence-electron chi connectivity index (χ2n) is 5.36. The van der Waals surface area contributed by atoms with Gasteiger partial charge < -0.3 is 14.7 Å². The third-order valence-corrected chi connectivity index (χ3v) is 4.89. The third-order valence-electron chi connectivity index (χ3n) is 3.15. The van der Waals surface area contributed by atoms with Gasteiger partial charge in [-0.1, -0.05) is 22.0 Å². The highest BCUT2D eigenvalue weighted by atomic mass is 79.9. The quantitative estimate of drug-likeness (QED) is 0.208. The van der Waals surface area contributed by atoms with Crippen LogP contribution in [-0.4, -0.2) is 34.2 Å². The van der Waals surface area contributed by atoms with Crippen molar-refractivity contribution < 1.29 is 17.3 Å².